The molecule has 5 heteroatoms. The van der Waals surface area contributed by atoms with Crippen LogP contribution in [0.15, 0.2) is 60.7 Å². The molecule has 0 aromatic heterocycles. The first kappa shape index (κ1) is 19.9. The third-order valence-electron chi connectivity index (χ3n) is 5.60. The fourth-order valence-corrected chi connectivity index (χ4v) is 3.96. The van der Waals surface area contributed by atoms with E-state index in [2.05, 4.69) is 24.4 Å². The van der Waals surface area contributed by atoms with Crippen LogP contribution in [0.4, 0.5) is 4.79 Å². The zero-order valence-electron chi connectivity index (χ0n) is 16.5. The van der Waals surface area contributed by atoms with Crippen LogP contribution in [0.25, 0.3) is 0 Å². The van der Waals surface area contributed by atoms with E-state index in [0.717, 1.165) is 18.4 Å². The Morgan fingerprint density at radius 2 is 1.68 bits per heavy atom. The van der Waals surface area contributed by atoms with Crippen LogP contribution in [0, 0.1) is 5.92 Å². The van der Waals surface area contributed by atoms with Crippen LogP contribution in [0.1, 0.15) is 24.5 Å². The summed E-state index contributed by atoms with van der Waals surface area (Å²) in [6.07, 6.45) is 1.79. The Hall–Kier alpha value is -2.82. The Labute approximate surface area is 166 Å². The maximum Gasteiger partial charge on any atom is 0.407 e. The van der Waals surface area contributed by atoms with Crippen molar-refractivity contribution in [1.82, 2.24) is 10.2 Å². The number of alkyl carbamates (subject to hydrolysis) is 1. The molecule has 5 nitrogen and oxygen atoms in total. The second-order valence-electron chi connectivity index (χ2n) is 7.39. The highest BCUT2D eigenvalue weighted by Crippen LogP contribution is 2.28. The van der Waals surface area contributed by atoms with Crippen LogP contribution in [-0.4, -0.2) is 42.6 Å². The van der Waals surface area contributed by atoms with Crippen molar-refractivity contribution in [2.45, 2.75) is 38.3 Å². The summed E-state index contributed by atoms with van der Waals surface area (Å²) in [5.74, 6) is 0.374. The largest absolute Gasteiger partial charge is 0.453 e. The Bertz CT molecular complexity index is 779. The van der Waals surface area contributed by atoms with Gasteiger partial charge in [0.15, 0.2) is 0 Å². The lowest BCUT2D eigenvalue weighted by atomic mass is 9.93. The number of amides is 2. The highest BCUT2D eigenvalue weighted by molar-refractivity contribution is 5.86. The second-order valence-corrected chi connectivity index (χ2v) is 7.39. The maximum absolute atomic E-state index is 13.3. The predicted molar refractivity (Wildman–Crippen MR) is 109 cm³/mol. The smallest absolute Gasteiger partial charge is 0.407 e. The molecule has 0 bridgehead atoms. The monoisotopic (exact) mass is 380 g/mol. The third-order valence-corrected chi connectivity index (χ3v) is 5.60. The van der Waals surface area contributed by atoms with Crippen molar-refractivity contribution in [1.29, 1.82) is 0 Å². The Kier molecular flexibility index (Phi) is 6.69. The van der Waals surface area contributed by atoms with Gasteiger partial charge in [0.25, 0.3) is 0 Å². The van der Waals surface area contributed by atoms with Crippen LogP contribution in [0.5, 0.6) is 0 Å². The van der Waals surface area contributed by atoms with Gasteiger partial charge in [-0.15, -0.1) is 0 Å². The predicted octanol–water partition coefficient (Wildman–Crippen LogP) is 3.43. The van der Waals surface area contributed by atoms with Gasteiger partial charge in [0, 0.05) is 19.0 Å². The molecule has 2 aromatic carbocycles. The van der Waals surface area contributed by atoms with E-state index in [4.69, 9.17) is 4.74 Å². The molecule has 3 atom stereocenters. The van der Waals surface area contributed by atoms with Gasteiger partial charge >= 0.3 is 6.09 Å². The van der Waals surface area contributed by atoms with Gasteiger partial charge in [-0.2, -0.15) is 0 Å². The maximum atomic E-state index is 13.3. The van der Waals surface area contributed by atoms with E-state index in [9.17, 15) is 9.59 Å². The molecule has 1 fully saturated rings. The van der Waals surface area contributed by atoms with Crippen molar-refractivity contribution < 1.29 is 14.3 Å². The standard InChI is InChI=1S/C23H28N2O3/c1-17-20(15-18-9-5-3-6-10-18)13-14-25(17)22(26)21(24-23(27)28-2)16-19-11-7-4-8-12-19/h3-12,17,20-21H,13-16H2,1-2H3,(H,24,27). The first-order valence-corrected chi connectivity index (χ1v) is 9.81. The lowest BCUT2D eigenvalue weighted by Gasteiger charge is -2.29. The molecule has 1 aliphatic heterocycles. The molecule has 1 heterocycles. The van der Waals surface area contributed by atoms with E-state index in [1.54, 1.807) is 0 Å². The molecule has 2 amide bonds. The van der Waals surface area contributed by atoms with Gasteiger partial charge < -0.3 is 15.0 Å². The molecule has 1 N–H and O–H groups in total. The normalized spacial score (nSPS) is 19.9. The van der Waals surface area contributed by atoms with Gasteiger partial charge in [0.2, 0.25) is 5.91 Å². The zero-order chi connectivity index (χ0) is 19.9. The van der Waals surface area contributed by atoms with Gasteiger partial charge in [0.1, 0.15) is 6.04 Å². The summed E-state index contributed by atoms with van der Waals surface area (Å²) in [6.45, 7) is 2.82. The molecular formula is C23H28N2O3. The van der Waals surface area contributed by atoms with E-state index < -0.39 is 12.1 Å². The van der Waals surface area contributed by atoms with Crippen molar-refractivity contribution in [3.63, 3.8) is 0 Å². The van der Waals surface area contributed by atoms with Crippen molar-refractivity contribution in [3.05, 3.63) is 71.8 Å². The van der Waals surface area contributed by atoms with E-state index in [-0.39, 0.29) is 11.9 Å². The molecule has 1 saturated heterocycles. The lowest BCUT2D eigenvalue weighted by molar-refractivity contribution is -0.134. The zero-order valence-corrected chi connectivity index (χ0v) is 16.5. The first-order valence-electron chi connectivity index (χ1n) is 9.81. The van der Waals surface area contributed by atoms with Crippen molar-refractivity contribution in [2.24, 2.45) is 5.92 Å². The number of rotatable bonds is 6. The molecule has 0 saturated carbocycles. The number of hydrogen-bond donors (Lipinski definition) is 1. The van der Waals surface area contributed by atoms with Crippen molar-refractivity contribution >= 4 is 12.0 Å². The average molecular weight is 380 g/mol. The SMILES string of the molecule is COC(=O)NC(Cc1ccccc1)C(=O)N1CCC(Cc2ccccc2)C1C. The molecule has 0 spiro atoms. The summed E-state index contributed by atoms with van der Waals surface area (Å²) in [5, 5.41) is 2.72. The first-order chi connectivity index (χ1) is 13.6. The third kappa shape index (κ3) is 4.91. The van der Waals surface area contributed by atoms with Gasteiger partial charge in [-0.05, 0) is 36.8 Å². The molecule has 28 heavy (non-hydrogen) atoms. The minimum absolute atomic E-state index is 0.0442. The molecule has 3 rings (SSSR count). The highest BCUT2D eigenvalue weighted by atomic mass is 16.5. The lowest BCUT2D eigenvalue weighted by Crippen LogP contribution is -2.51. The van der Waals surface area contributed by atoms with Crippen LogP contribution < -0.4 is 5.32 Å². The molecule has 2 aromatic rings. The molecule has 0 aliphatic carbocycles. The van der Waals surface area contributed by atoms with Gasteiger partial charge in [-0.3, -0.25) is 4.79 Å². The van der Waals surface area contributed by atoms with Gasteiger partial charge in [-0.25, -0.2) is 4.79 Å². The fourth-order valence-electron chi connectivity index (χ4n) is 3.96. The van der Waals surface area contributed by atoms with Crippen molar-refractivity contribution in [3.8, 4) is 0 Å². The Morgan fingerprint density at radius 1 is 1.07 bits per heavy atom. The van der Waals surface area contributed by atoms with Crippen LogP contribution >= 0.6 is 0 Å². The number of likely N-dealkylation sites (tertiary alicyclic amines) is 1. The number of methoxy groups -OCH3 is 1. The summed E-state index contributed by atoms with van der Waals surface area (Å²) in [5.41, 5.74) is 2.30. The number of carbonyl (C=O) groups excluding carboxylic acids is 2. The Morgan fingerprint density at radius 3 is 2.29 bits per heavy atom. The average Bonchev–Trinajstić information content (AvgIpc) is 3.08. The van der Waals surface area contributed by atoms with E-state index in [1.807, 2.05) is 53.4 Å². The topological polar surface area (TPSA) is 58.6 Å². The summed E-state index contributed by atoms with van der Waals surface area (Å²) in [4.78, 5) is 27.0. The van der Waals surface area contributed by atoms with E-state index in [1.165, 1.54) is 12.7 Å². The molecule has 0 radical (unpaired) electrons. The number of benzene rings is 2. The van der Waals surface area contributed by atoms with Gasteiger partial charge in [0.05, 0.1) is 7.11 Å². The molecular weight excluding hydrogens is 352 g/mol. The van der Waals surface area contributed by atoms with E-state index in [0.29, 0.717) is 18.9 Å². The number of nitrogens with zero attached hydrogens (tertiary/aromatic N) is 1. The number of ether oxygens (including phenoxy) is 1. The summed E-state index contributed by atoms with van der Waals surface area (Å²) < 4.78 is 4.74. The number of carbonyl (C=O) groups is 2. The Balaban J connectivity index is 1.70. The highest BCUT2D eigenvalue weighted by Gasteiger charge is 2.37. The minimum atomic E-state index is -0.632. The summed E-state index contributed by atoms with van der Waals surface area (Å²) >= 11 is 0. The van der Waals surface area contributed by atoms with Gasteiger partial charge in [-0.1, -0.05) is 60.7 Å². The number of hydrogen-bond acceptors (Lipinski definition) is 3. The number of nitrogens with one attached hydrogen (secondary N) is 1. The van der Waals surface area contributed by atoms with Crippen LogP contribution in [0.2, 0.25) is 0 Å². The summed E-state index contributed by atoms with van der Waals surface area (Å²) in [6, 6.07) is 19.6. The fraction of sp³-hybridized carbons (Fsp3) is 0.391. The van der Waals surface area contributed by atoms with Crippen molar-refractivity contribution in [2.75, 3.05) is 13.7 Å². The summed E-state index contributed by atoms with van der Waals surface area (Å²) in [7, 11) is 1.31. The van der Waals surface area contributed by atoms with Crippen LogP contribution in [-0.2, 0) is 22.4 Å². The second kappa shape index (κ2) is 9.40. The molecule has 1 aliphatic rings. The molecule has 3 unspecified atom stereocenters. The minimum Gasteiger partial charge on any atom is -0.453 e. The van der Waals surface area contributed by atoms with E-state index >= 15 is 0 Å². The quantitative estimate of drug-likeness (QED) is 0.835. The molecule has 148 valence electrons. The van der Waals surface area contributed by atoms with Crippen LogP contribution in [0.3, 0.4) is 0 Å².